The average molecular weight is 676 g/mol. The smallest absolute Gasteiger partial charge is 0.372 e. The third-order valence-electron chi connectivity index (χ3n) is 5.56. The third-order valence-corrected chi connectivity index (χ3v) is 5.56. The fourth-order valence-electron chi connectivity index (χ4n) is 3.31. The lowest BCUT2D eigenvalue weighted by molar-refractivity contribution is -0.151. The molecular formula is C31H49NO15. The summed E-state index contributed by atoms with van der Waals surface area (Å²) in [6.07, 6.45) is -0.666. The van der Waals surface area contributed by atoms with Crippen LogP contribution in [0.3, 0.4) is 0 Å². The molecule has 0 heterocycles. The summed E-state index contributed by atoms with van der Waals surface area (Å²) >= 11 is 0. The molecule has 16 heteroatoms. The van der Waals surface area contributed by atoms with E-state index < -0.39 is 17.7 Å². The monoisotopic (exact) mass is 675 g/mol. The fraction of sp³-hybridized carbons (Fsp3) is 0.677. The van der Waals surface area contributed by atoms with Crippen LogP contribution in [0.25, 0.3) is 0 Å². The van der Waals surface area contributed by atoms with E-state index in [0.717, 1.165) is 5.69 Å². The first-order valence-electron chi connectivity index (χ1n) is 15.4. The number of anilines is 1. The standard InChI is InChI=1S/C31H49NO15/c1-26(33)32-27-2-4-28(5-3-27)46-24-22-44-20-18-42-16-14-40-12-10-38-8-9-39-11-13-41-15-17-43-19-21-45-23-25-47-30(35)7-6-29(34)31(36)37/h2-5H,6-25H2,1H3,(H,32,33)(H,36,37). The van der Waals surface area contributed by atoms with Crippen molar-refractivity contribution in [2.45, 2.75) is 19.8 Å². The number of Topliss-reactive ketones (excluding diaryl/α,β-unsaturated/α-hetero) is 1. The van der Waals surface area contributed by atoms with Crippen LogP contribution >= 0.6 is 0 Å². The van der Waals surface area contributed by atoms with Gasteiger partial charge in [-0.25, -0.2) is 4.79 Å². The number of hydrogen-bond acceptors (Lipinski definition) is 14. The number of aliphatic carboxylic acids is 1. The highest BCUT2D eigenvalue weighted by Gasteiger charge is 2.14. The highest BCUT2D eigenvalue weighted by atomic mass is 16.6. The van der Waals surface area contributed by atoms with Crippen molar-refractivity contribution in [1.29, 1.82) is 0 Å². The second-order valence-electron chi connectivity index (χ2n) is 9.40. The number of carbonyl (C=O) groups is 4. The normalized spacial score (nSPS) is 10.9. The summed E-state index contributed by atoms with van der Waals surface area (Å²) in [4.78, 5) is 43.6. The summed E-state index contributed by atoms with van der Waals surface area (Å²) in [6.45, 7) is 8.50. The van der Waals surface area contributed by atoms with Gasteiger partial charge in [0.25, 0.3) is 0 Å². The molecule has 0 aromatic heterocycles. The first kappa shape index (κ1) is 41.8. The Balaban J connectivity index is 1.70. The van der Waals surface area contributed by atoms with E-state index in [9.17, 15) is 19.2 Å². The quantitative estimate of drug-likeness (QED) is 0.0612. The van der Waals surface area contributed by atoms with Gasteiger partial charge in [0, 0.05) is 19.0 Å². The summed E-state index contributed by atoms with van der Waals surface area (Å²) in [5.41, 5.74) is 0.719. The molecule has 0 atom stereocenters. The maximum atomic E-state index is 11.4. The molecule has 0 unspecified atom stereocenters. The average Bonchev–Trinajstić information content (AvgIpc) is 3.05. The number of hydrogen-bond donors (Lipinski definition) is 2. The maximum absolute atomic E-state index is 11.4. The maximum Gasteiger partial charge on any atom is 0.372 e. The molecule has 47 heavy (non-hydrogen) atoms. The topological polar surface area (TPSA) is 193 Å². The molecule has 16 nitrogen and oxygen atoms in total. The van der Waals surface area contributed by atoms with E-state index in [-0.39, 0.29) is 32.0 Å². The van der Waals surface area contributed by atoms with Gasteiger partial charge in [-0.3, -0.25) is 14.4 Å². The van der Waals surface area contributed by atoms with Crippen LogP contribution in [-0.4, -0.2) is 148 Å². The lowest BCUT2D eigenvalue weighted by Crippen LogP contribution is -2.17. The van der Waals surface area contributed by atoms with E-state index in [4.69, 9.17) is 52.5 Å². The number of carboxylic acids is 1. The molecule has 268 valence electrons. The molecule has 0 aliphatic heterocycles. The van der Waals surface area contributed by atoms with E-state index in [0.29, 0.717) is 111 Å². The lowest BCUT2D eigenvalue weighted by Gasteiger charge is -2.09. The molecule has 0 aliphatic rings. The molecule has 2 N–H and O–H groups in total. The van der Waals surface area contributed by atoms with Gasteiger partial charge in [-0.05, 0) is 24.3 Å². The Labute approximate surface area is 275 Å². The van der Waals surface area contributed by atoms with Crippen molar-refractivity contribution in [2.24, 2.45) is 0 Å². The number of ketones is 1. The van der Waals surface area contributed by atoms with Crippen LogP contribution < -0.4 is 10.1 Å². The van der Waals surface area contributed by atoms with E-state index in [1.54, 1.807) is 24.3 Å². The summed E-state index contributed by atoms with van der Waals surface area (Å²) in [7, 11) is 0. The van der Waals surface area contributed by atoms with Crippen LogP contribution in [0.1, 0.15) is 19.8 Å². The van der Waals surface area contributed by atoms with Crippen molar-refractivity contribution in [2.75, 3.05) is 124 Å². The highest BCUT2D eigenvalue weighted by Crippen LogP contribution is 2.15. The van der Waals surface area contributed by atoms with Crippen LogP contribution in [-0.2, 0) is 61.8 Å². The minimum absolute atomic E-state index is 0.0100. The van der Waals surface area contributed by atoms with Crippen molar-refractivity contribution in [3.8, 4) is 5.75 Å². The van der Waals surface area contributed by atoms with Gasteiger partial charge in [-0.15, -0.1) is 0 Å². The molecule has 1 aromatic rings. The molecule has 0 radical (unpaired) electrons. The van der Waals surface area contributed by atoms with Crippen molar-refractivity contribution < 1.29 is 71.7 Å². The van der Waals surface area contributed by atoms with E-state index >= 15 is 0 Å². The molecule has 1 rings (SSSR count). The summed E-state index contributed by atoms with van der Waals surface area (Å²) < 4.78 is 53.7. The number of rotatable bonds is 33. The van der Waals surface area contributed by atoms with Gasteiger partial charge in [-0.1, -0.05) is 0 Å². The highest BCUT2D eigenvalue weighted by molar-refractivity contribution is 6.32. The number of amides is 1. The van der Waals surface area contributed by atoms with Crippen LogP contribution in [0.15, 0.2) is 24.3 Å². The van der Waals surface area contributed by atoms with Gasteiger partial charge in [0.2, 0.25) is 11.7 Å². The van der Waals surface area contributed by atoms with Gasteiger partial charge < -0.3 is 57.8 Å². The molecule has 0 bridgehead atoms. The number of nitrogens with one attached hydrogen (secondary N) is 1. The van der Waals surface area contributed by atoms with Gasteiger partial charge >= 0.3 is 11.9 Å². The first-order chi connectivity index (χ1) is 22.9. The predicted molar refractivity (Wildman–Crippen MR) is 166 cm³/mol. The Morgan fingerprint density at radius 3 is 1.26 bits per heavy atom. The van der Waals surface area contributed by atoms with Crippen molar-refractivity contribution >= 4 is 29.3 Å². The zero-order valence-corrected chi connectivity index (χ0v) is 27.1. The van der Waals surface area contributed by atoms with Gasteiger partial charge in [-0.2, -0.15) is 0 Å². The SMILES string of the molecule is CC(=O)Nc1ccc(OCCOCCOCCOCCOCCOCCOCCOCCOCCOC(=O)CCC(=O)C(=O)O)cc1. The van der Waals surface area contributed by atoms with Gasteiger partial charge in [0.05, 0.1) is 112 Å². The zero-order valence-electron chi connectivity index (χ0n) is 27.1. The van der Waals surface area contributed by atoms with Crippen molar-refractivity contribution in [3.63, 3.8) is 0 Å². The largest absolute Gasteiger partial charge is 0.491 e. The predicted octanol–water partition coefficient (Wildman–Crippen LogP) is 1.13. The molecule has 0 spiro atoms. The van der Waals surface area contributed by atoms with Crippen LogP contribution in [0, 0.1) is 0 Å². The summed E-state index contributed by atoms with van der Waals surface area (Å²) in [6, 6.07) is 7.12. The van der Waals surface area contributed by atoms with Crippen molar-refractivity contribution in [1.82, 2.24) is 0 Å². The Hall–Kier alpha value is -3.22. The molecule has 0 aliphatic carbocycles. The Morgan fingerprint density at radius 2 is 0.894 bits per heavy atom. The van der Waals surface area contributed by atoms with E-state index in [1.165, 1.54) is 6.92 Å². The fourth-order valence-corrected chi connectivity index (χ4v) is 3.31. The summed E-state index contributed by atoms with van der Waals surface area (Å²) in [5, 5.41) is 11.1. The summed E-state index contributed by atoms with van der Waals surface area (Å²) in [5.74, 6) is -2.66. The first-order valence-corrected chi connectivity index (χ1v) is 15.4. The minimum Gasteiger partial charge on any atom is -0.491 e. The number of benzene rings is 1. The number of esters is 1. The lowest BCUT2D eigenvalue weighted by atomic mass is 10.2. The molecule has 1 aromatic carbocycles. The zero-order chi connectivity index (χ0) is 34.2. The van der Waals surface area contributed by atoms with Crippen LogP contribution in [0.2, 0.25) is 0 Å². The van der Waals surface area contributed by atoms with Gasteiger partial charge in [0.15, 0.2) is 0 Å². The van der Waals surface area contributed by atoms with Crippen molar-refractivity contribution in [3.05, 3.63) is 24.3 Å². The number of ether oxygens (including phenoxy) is 10. The number of carboxylic acid groups (broad SMARTS) is 1. The van der Waals surface area contributed by atoms with Crippen LogP contribution in [0.4, 0.5) is 5.69 Å². The Morgan fingerprint density at radius 1 is 0.532 bits per heavy atom. The molecule has 1 amide bonds. The van der Waals surface area contributed by atoms with E-state index in [2.05, 4.69) is 5.32 Å². The second-order valence-corrected chi connectivity index (χ2v) is 9.40. The van der Waals surface area contributed by atoms with Crippen LogP contribution in [0.5, 0.6) is 5.75 Å². The molecule has 0 saturated carbocycles. The molecular weight excluding hydrogens is 626 g/mol. The molecule has 0 saturated heterocycles. The third kappa shape index (κ3) is 27.6. The van der Waals surface area contributed by atoms with E-state index in [1.807, 2.05) is 0 Å². The Kier molecular flexibility index (Phi) is 26.8. The van der Waals surface area contributed by atoms with Gasteiger partial charge in [0.1, 0.15) is 19.0 Å². The minimum atomic E-state index is -1.57. The second kappa shape index (κ2) is 30.1. The number of carbonyl (C=O) groups excluding carboxylic acids is 3. The Bertz CT molecular complexity index is 961. The molecule has 0 fully saturated rings.